The average Bonchev–Trinajstić information content (AvgIpc) is 2.80. The predicted octanol–water partition coefficient (Wildman–Crippen LogP) is 6.27. The zero-order chi connectivity index (χ0) is 34.2. The molecule has 2 N–H and O–H groups in total. The Hall–Kier alpha value is 0.548. The highest BCUT2D eigenvalue weighted by Crippen LogP contribution is 2.24. The van der Waals surface area contributed by atoms with Crippen LogP contribution in [0.2, 0.25) is 83.1 Å². The van der Waals surface area contributed by atoms with Crippen LogP contribution in [0.5, 0.6) is 0 Å². The minimum absolute atomic E-state index is 0.378. The molecule has 0 aliphatic rings. The van der Waals surface area contributed by atoms with Crippen LogP contribution in [-0.4, -0.2) is 139 Å². The van der Waals surface area contributed by atoms with Crippen LogP contribution in [0.25, 0.3) is 0 Å². The minimum Gasteiger partial charge on any atom is -0.455 e. The molecule has 0 spiro atoms. The summed E-state index contributed by atoms with van der Waals surface area (Å²) in [6.07, 6.45) is 1.02. The molecule has 0 fully saturated rings. The number of likely N-dealkylation sites (N-methyl/N-ethyl adjacent to an activating group) is 2. The van der Waals surface area contributed by atoms with Gasteiger partial charge in [-0.2, -0.15) is 0 Å². The Kier molecular flexibility index (Phi) is 21.8. The molecule has 0 aromatic rings. The molecule has 4 unspecified atom stereocenters. The lowest BCUT2D eigenvalue weighted by Gasteiger charge is -2.34. The van der Waals surface area contributed by atoms with Crippen molar-refractivity contribution < 1.29 is 28.2 Å². The van der Waals surface area contributed by atoms with Crippen molar-refractivity contribution in [3.63, 3.8) is 0 Å². The van der Waals surface area contributed by atoms with Crippen LogP contribution < -0.4 is 0 Å². The maximum absolute atomic E-state index is 10.5. The van der Waals surface area contributed by atoms with Gasteiger partial charge in [0.25, 0.3) is 0 Å². The first-order chi connectivity index (χ1) is 20.0. The van der Waals surface area contributed by atoms with Gasteiger partial charge in [0.15, 0.2) is 25.0 Å². The quantitative estimate of drug-likeness (QED) is 0.0768. The van der Waals surface area contributed by atoms with Crippen LogP contribution in [0.3, 0.4) is 0 Å². The van der Waals surface area contributed by atoms with E-state index in [1.807, 2.05) is 7.11 Å². The van der Waals surface area contributed by atoms with Crippen molar-refractivity contribution in [2.75, 3.05) is 73.8 Å². The molecular formula is C32H76N2O6Si4. The maximum atomic E-state index is 10.5. The van der Waals surface area contributed by atoms with Crippen LogP contribution in [0.4, 0.5) is 0 Å². The van der Waals surface area contributed by atoms with Crippen molar-refractivity contribution in [1.29, 1.82) is 0 Å². The average molecular weight is 697 g/mol. The number of aliphatic hydroxyl groups is 2. The summed E-state index contributed by atoms with van der Waals surface area (Å²) in [5.74, 6) is 1.21. The van der Waals surface area contributed by atoms with Crippen LogP contribution in [0, 0.1) is 11.8 Å². The van der Waals surface area contributed by atoms with Crippen LogP contribution in [0.15, 0.2) is 0 Å². The molecule has 0 radical (unpaired) electrons. The molecule has 8 nitrogen and oxygen atoms in total. The first-order valence-electron chi connectivity index (χ1n) is 17.2. The van der Waals surface area contributed by atoms with Crippen molar-refractivity contribution in [2.24, 2.45) is 11.8 Å². The third-order valence-electron chi connectivity index (χ3n) is 7.95. The Labute approximate surface area is 278 Å². The van der Waals surface area contributed by atoms with Gasteiger partial charge in [-0.05, 0) is 96.2 Å². The molecule has 0 heterocycles. The van der Waals surface area contributed by atoms with E-state index in [1.54, 1.807) is 0 Å². The Bertz CT molecular complexity index is 742. The van der Waals surface area contributed by atoms with E-state index >= 15 is 0 Å². The second-order valence-electron chi connectivity index (χ2n) is 16.9. The molecule has 0 aromatic heterocycles. The molecule has 4 atom stereocenters. The molecule has 0 aromatic carbocycles. The predicted molar refractivity (Wildman–Crippen MR) is 199 cm³/mol. The molecule has 266 valence electrons. The van der Waals surface area contributed by atoms with Gasteiger partial charge < -0.3 is 38.0 Å². The van der Waals surface area contributed by atoms with Crippen molar-refractivity contribution in [3.05, 3.63) is 0 Å². The van der Waals surface area contributed by atoms with Crippen molar-refractivity contribution in [2.45, 2.75) is 122 Å². The zero-order valence-corrected chi connectivity index (χ0v) is 35.6. The van der Waals surface area contributed by atoms with Gasteiger partial charge in [0.05, 0.1) is 25.4 Å². The van der Waals surface area contributed by atoms with Gasteiger partial charge in [-0.15, -0.1) is 0 Å². The lowest BCUT2D eigenvalue weighted by Crippen LogP contribution is -2.44. The van der Waals surface area contributed by atoms with Crippen LogP contribution in [0.1, 0.15) is 26.7 Å². The van der Waals surface area contributed by atoms with E-state index < -0.39 is 45.2 Å². The molecule has 12 heteroatoms. The first-order valence-corrected chi connectivity index (χ1v) is 30.2. The fourth-order valence-corrected chi connectivity index (χ4v) is 19.6. The molecule has 0 saturated heterocycles. The van der Waals surface area contributed by atoms with Crippen molar-refractivity contribution >= 4 is 33.0 Å². The lowest BCUT2D eigenvalue weighted by atomic mass is 10.2. The number of nitrogens with zero attached hydrogens (tertiary/aromatic N) is 2. The summed E-state index contributed by atoms with van der Waals surface area (Å²) in [4.78, 5) is 4.45. The maximum Gasteiger partial charge on any atom is 0.186 e. The Balaban J connectivity index is 4.14. The summed E-state index contributed by atoms with van der Waals surface area (Å²) in [7, 11) is -0.211. The topological polar surface area (TPSA) is 83.9 Å². The summed E-state index contributed by atoms with van der Waals surface area (Å²) in [6.45, 7) is 31.0. The number of hydrogen-bond donors (Lipinski definition) is 2. The summed E-state index contributed by atoms with van der Waals surface area (Å²) >= 11 is 0. The Morgan fingerprint density at radius 1 is 0.591 bits per heavy atom. The minimum atomic E-state index is -1.80. The summed E-state index contributed by atoms with van der Waals surface area (Å²) < 4.78 is 24.2. The van der Waals surface area contributed by atoms with E-state index in [4.69, 9.17) is 18.0 Å². The Morgan fingerprint density at radius 2 is 0.977 bits per heavy atom. The van der Waals surface area contributed by atoms with Gasteiger partial charge in [-0.3, -0.25) is 0 Å². The second-order valence-corrected chi connectivity index (χ2v) is 35.6. The van der Waals surface area contributed by atoms with E-state index in [-0.39, 0.29) is 0 Å². The van der Waals surface area contributed by atoms with E-state index in [1.165, 1.54) is 6.04 Å². The number of hydrogen-bond acceptors (Lipinski definition) is 8. The Morgan fingerprint density at radius 3 is 1.34 bits per heavy atom. The smallest absolute Gasteiger partial charge is 0.186 e. The van der Waals surface area contributed by atoms with Crippen molar-refractivity contribution in [3.8, 4) is 0 Å². The third-order valence-corrected chi connectivity index (χ3v) is 20.2. The highest BCUT2D eigenvalue weighted by atomic mass is 28.4. The highest BCUT2D eigenvalue weighted by Gasteiger charge is 2.32. The fourth-order valence-electron chi connectivity index (χ4n) is 6.62. The fraction of sp³-hybridized carbons (Fsp3) is 1.00. The van der Waals surface area contributed by atoms with E-state index in [0.29, 0.717) is 51.4 Å². The highest BCUT2D eigenvalue weighted by molar-refractivity contribution is 6.84. The van der Waals surface area contributed by atoms with Gasteiger partial charge in [0, 0.05) is 54.6 Å². The number of aliphatic hydroxyl groups excluding tert-OH is 2. The molecule has 0 amide bonds. The van der Waals surface area contributed by atoms with E-state index in [0.717, 1.165) is 44.1 Å². The molecule has 0 saturated carbocycles. The van der Waals surface area contributed by atoms with Gasteiger partial charge >= 0.3 is 0 Å². The number of ether oxygens (including phenoxy) is 2. The normalized spacial score (nSPS) is 16.5. The standard InChI is InChI=1S/C32H76N2O6Si4/c1-29(27-41(6,7)8)21-33(3)23-31(35)25-38-17-15-19-42(9,10)40-43(11,12)20-16-18-39-26-32(36)24-34(4)22-30(2)28-44(13,14)37-5/h29-32,35-36H,15-28H2,1-14H3. The summed E-state index contributed by atoms with van der Waals surface area (Å²) in [5.41, 5.74) is 0. The molecule has 0 rings (SSSR count). The summed E-state index contributed by atoms with van der Waals surface area (Å²) in [6, 6.07) is 4.56. The molecule has 44 heavy (non-hydrogen) atoms. The van der Waals surface area contributed by atoms with Gasteiger partial charge in [0.1, 0.15) is 0 Å². The van der Waals surface area contributed by atoms with Crippen LogP contribution >= 0.6 is 0 Å². The van der Waals surface area contributed by atoms with Crippen molar-refractivity contribution in [1.82, 2.24) is 9.80 Å². The van der Waals surface area contributed by atoms with E-state index in [2.05, 4.69) is 96.7 Å². The lowest BCUT2D eigenvalue weighted by molar-refractivity contribution is 0.0193. The molecule has 0 aliphatic carbocycles. The number of rotatable bonds is 27. The largest absolute Gasteiger partial charge is 0.455 e. The molecular weight excluding hydrogens is 621 g/mol. The second kappa shape index (κ2) is 21.5. The van der Waals surface area contributed by atoms with Crippen LogP contribution in [-0.2, 0) is 18.0 Å². The van der Waals surface area contributed by atoms with Gasteiger partial charge in [-0.25, -0.2) is 0 Å². The zero-order valence-electron chi connectivity index (χ0n) is 31.6. The molecule has 0 bridgehead atoms. The van der Waals surface area contributed by atoms with Gasteiger partial charge in [-0.1, -0.05) is 39.5 Å². The first kappa shape index (κ1) is 44.5. The monoisotopic (exact) mass is 696 g/mol. The SMILES string of the molecule is CO[Si](C)(C)CC(C)CN(C)CC(O)COCCC[Si](C)(C)O[Si](C)(C)CCCOCC(O)CN(C)CC(C)C[Si](C)(C)C. The van der Waals surface area contributed by atoms with Gasteiger partial charge in [0.2, 0.25) is 0 Å². The summed E-state index contributed by atoms with van der Waals surface area (Å²) in [5, 5.41) is 20.9. The third kappa shape index (κ3) is 25.6. The van der Waals surface area contributed by atoms with E-state index in [9.17, 15) is 10.2 Å². The molecule has 0 aliphatic heterocycles.